The Hall–Kier alpha value is -1.31. The fourth-order valence-electron chi connectivity index (χ4n) is 3.63. The number of carbonyl (C=O) groups excluding carboxylic acids is 1. The average molecular weight is 410 g/mol. The highest BCUT2D eigenvalue weighted by Crippen LogP contribution is 2.22. The van der Waals surface area contributed by atoms with E-state index in [-0.39, 0.29) is 30.5 Å². The third-order valence-electron chi connectivity index (χ3n) is 5.03. The molecule has 148 valence electrons. The van der Waals surface area contributed by atoms with E-state index in [1.54, 1.807) is 0 Å². The molecule has 2 N–H and O–H groups in total. The summed E-state index contributed by atoms with van der Waals surface area (Å²) in [5.41, 5.74) is 7.26. The van der Waals surface area contributed by atoms with Gasteiger partial charge in [0.2, 0.25) is 0 Å². The van der Waals surface area contributed by atoms with Gasteiger partial charge in [-0.25, -0.2) is 0 Å². The van der Waals surface area contributed by atoms with Crippen LogP contribution in [0.1, 0.15) is 5.56 Å². The van der Waals surface area contributed by atoms with Crippen LogP contribution in [0.15, 0.2) is 42.5 Å². The van der Waals surface area contributed by atoms with Crippen molar-refractivity contribution in [2.75, 3.05) is 39.0 Å². The van der Waals surface area contributed by atoms with Gasteiger partial charge in [-0.3, -0.25) is 14.6 Å². The number of nitrogens with two attached hydrogens (primary N) is 1. The number of hydrogen-bond donors (Lipinski definition) is 2. The monoisotopic (exact) mass is 409 g/mol. The number of ether oxygens (including phenoxy) is 1. The lowest BCUT2D eigenvalue weighted by atomic mass is 10.0. The number of benzene rings is 2. The molecule has 0 aromatic heterocycles. The number of fused-ring (bicyclic) bond motifs is 1. The normalized spacial score (nSPS) is 19.4. The van der Waals surface area contributed by atoms with E-state index >= 15 is 0 Å². The van der Waals surface area contributed by atoms with E-state index < -0.39 is 0 Å². The second-order valence-corrected chi connectivity index (χ2v) is 7.22. The molecule has 1 fully saturated rings. The van der Waals surface area contributed by atoms with Gasteiger partial charge in [0.25, 0.3) is 0 Å². The van der Waals surface area contributed by atoms with Crippen molar-refractivity contribution in [3.05, 3.63) is 48.0 Å². The molecule has 2 atom stereocenters. The zero-order valence-corrected chi connectivity index (χ0v) is 17.3. The Labute approximate surface area is 172 Å². The van der Waals surface area contributed by atoms with Crippen molar-refractivity contribution in [3.8, 4) is 0 Å². The Morgan fingerprint density at radius 3 is 2.74 bits per heavy atom. The van der Waals surface area contributed by atoms with Gasteiger partial charge in [-0.05, 0) is 16.3 Å². The molecule has 7 heteroatoms. The highest BCUT2D eigenvalue weighted by atomic mass is 35.5. The summed E-state index contributed by atoms with van der Waals surface area (Å²) in [6.45, 7) is 3.81. The summed E-state index contributed by atoms with van der Waals surface area (Å²) in [6, 6.07) is 14.4. The van der Waals surface area contributed by atoms with Gasteiger partial charge in [-0.1, -0.05) is 42.5 Å². The SMILES string of the molecule is COC(=O)C1CN(C[C@@H](N)CS)CCN1Cc1cccc2ccccc12.Cl. The lowest BCUT2D eigenvalue weighted by Gasteiger charge is -2.40. The predicted octanol–water partition coefficient (Wildman–Crippen LogP) is 2.18. The van der Waals surface area contributed by atoms with Crippen LogP contribution in [0.3, 0.4) is 0 Å². The van der Waals surface area contributed by atoms with Crippen LogP contribution in [0.4, 0.5) is 0 Å². The lowest BCUT2D eigenvalue weighted by Crippen LogP contribution is -2.58. The average Bonchev–Trinajstić information content (AvgIpc) is 2.68. The quantitative estimate of drug-likeness (QED) is 0.565. The van der Waals surface area contributed by atoms with Crippen LogP contribution in [0.5, 0.6) is 0 Å². The number of esters is 1. The minimum Gasteiger partial charge on any atom is -0.468 e. The smallest absolute Gasteiger partial charge is 0.324 e. The number of nitrogens with zero attached hydrogens (tertiary/aromatic N) is 2. The molecule has 5 nitrogen and oxygen atoms in total. The Morgan fingerprint density at radius 2 is 2.00 bits per heavy atom. The molecule has 0 radical (unpaired) electrons. The number of hydrogen-bond acceptors (Lipinski definition) is 6. The summed E-state index contributed by atoms with van der Waals surface area (Å²) in [6.07, 6.45) is 0. The Morgan fingerprint density at radius 1 is 1.26 bits per heavy atom. The highest BCUT2D eigenvalue weighted by molar-refractivity contribution is 7.80. The molecular weight excluding hydrogens is 382 g/mol. The predicted molar refractivity (Wildman–Crippen MR) is 116 cm³/mol. The maximum atomic E-state index is 12.4. The first-order valence-electron chi connectivity index (χ1n) is 8.99. The minimum absolute atomic E-state index is 0. The molecule has 1 aliphatic heterocycles. The van der Waals surface area contributed by atoms with E-state index in [0.29, 0.717) is 12.3 Å². The molecule has 0 bridgehead atoms. The Kier molecular flexibility index (Phi) is 8.38. The summed E-state index contributed by atoms with van der Waals surface area (Å²) in [4.78, 5) is 16.9. The van der Waals surface area contributed by atoms with Gasteiger partial charge in [0.05, 0.1) is 7.11 Å². The van der Waals surface area contributed by atoms with Gasteiger partial charge < -0.3 is 10.5 Å². The van der Waals surface area contributed by atoms with Gasteiger partial charge in [-0.15, -0.1) is 12.4 Å². The number of carbonyl (C=O) groups is 1. The van der Waals surface area contributed by atoms with Crippen molar-refractivity contribution >= 4 is 41.8 Å². The van der Waals surface area contributed by atoms with E-state index in [4.69, 9.17) is 10.5 Å². The first kappa shape index (κ1) is 22.0. The zero-order chi connectivity index (χ0) is 18.5. The molecule has 1 unspecified atom stereocenters. The Balaban J connectivity index is 0.00000261. The fourth-order valence-corrected chi connectivity index (χ4v) is 3.75. The largest absolute Gasteiger partial charge is 0.468 e. The van der Waals surface area contributed by atoms with E-state index in [1.165, 1.54) is 23.4 Å². The van der Waals surface area contributed by atoms with Gasteiger partial charge in [0.15, 0.2) is 0 Å². The first-order chi connectivity index (χ1) is 12.6. The maximum absolute atomic E-state index is 12.4. The van der Waals surface area contributed by atoms with Crippen LogP contribution >= 0.6 is 25.0 Å². The molecule has 3 rings (SSSR count). The van der Waals surface area contributed by atoms with E-state index in [2.05, 4.69) is 58.8 Å². The summed E-state index contributed by atoms with van der Waals surface area (Å²) >= 11 is 4.26. The number of methoxy groups -OCH3 is 1. The summed E-state index contributed by atoms with van der Waals surface area (Å²) in [5, 5.41) is 2.45. The third-order valence-corrected chi connectivity index (χ3v) is 5.50. The van der Waals surface area contributed by atoms with E-state index in [1.807, 2.05) is 6.07 Å². The van der Waals surface area contributed by atoms with Crippen molar-refractivity contribution in [2.45, 2.75) is 18.6 Å². The van der Waals surface area contributed by atoms with Crippen LogP contribution in [0, 0.1) is 0 Å². The zero-order valence-electron chi connectivity index (χ0n) is 15.6. The molecule has 2 aromatic rings. The molecule has 27 heavy (non-hydrogen) atoms. The number of rotatable bonds is 6. The van der Waals surface area contributed by atoms with Crippen LogP contribution in [0.2, 0.25) is 0 Å². The molecule has 2 aromatic carbocycles. The van der Waals surface area contributed by atoms with Crippen molar-refractivity contribution in [1.82, 2.24) is 9.80 Å². The van der Waals surface area contributed by atoms with Crippen LogP contribution in [-0.2, 0) is 16.1 Å². The maximum Gasteiger partial charge on any atom is 0.324 e. The van der Waals surface area contributed by atoms with Gasteiger partial charge in [0.1, 0.15) is 6.04 Å². The second-order valence-electron chi connectivity index (χ2n) is 6.85. The number of halogens is 1. The summed E-state index contributed by atoms with van der Waals surface area (Å²) in [5.74, 6) is 0.452. The molecule has 1 saturated heterocycles. The topological polar surface area (TPSA) is 58.8 Å². The van der Waals surface area contributed by atoms with Crippen molar-refractivity contribution in [2.24, 2.45) is 5.73 Å². The first-order valence-corrected chi connectivity index (χ1v) is 9.63. The molecule has 0 spiro atoms. The lowest BCUT2D eigenvalue weighted by molar-refractivity contribution is -0.150. The molecule has 0 amide bonds. The minimum atomic E-state index is -0.278. The van der Waals surface area contributed by atoms with Crippen molar-refractivity contribution in [1.29, 1.82) is 0 Å². The molecular formula is C20H28ClN3O2S. The van der Waals surface area contributed by atoms with E-state index in [9.17, 15) is 4.79 Å². The van der Waals surface area contributed by atoms with Crippen LogP contribution in [0.25, 0.3) is 10.8 Å². The third kappa shape index (κ3) is 5.36. The summed E-state index contributed by atoms with van der Waals surface area (Å²) in [7, 11) is 1.46. The molecule has 1 aliphatic rings. The Bertz CT molecular complexity index is 756. The fraction of sp³-hybridized carbons (Fsp3) is 0.450. The van der Waals surface area contributed by atoms with E-state index in [0.717, 1.165) is 26.2 Å². The standard InChI is InChI=1S/C20H27N3O2S.ClH/c1-25-20(24)19-13-22(12-17(21)14-26)9-10-23(19)11-16-7-4-6-15-5-2-3-8-18(15)16;/h2-8,17,19,26H,9-14,21H2,1H3;1H/t17-,19?;/m1./s1. The van der Waals surface area contributed by atoms with Gasteiger partial charge in [0, 0.05) is 44.5 Å². The van der Waals surface area contributed by atoms with Crippen molar-refractivity contribution < 1.29 is 9.53 Å². The van der Waals surface area contributed by atoms with Crippen LogP contribution < -0.4 is 5.73 Å². The molecule has 1 heterocycles. The molecule has 0 saturated carbocycles. The van der Waals surface area contributed by atoms with Crippen LogP contribution in [-0.4, -0.2) is 66.9 Å². The van der Waals surface area contributed by atoms with Crippen molar-refractivity contribution in [3.63, 3.8) is 0 Å². The second kappa shape index (κ2) is 10.3. The van der Waals surface area contributed by atoms with Gasteiger partial charge in [-0.2, -0.15) is 12.6 Å². The number of thiol groups is 1. The number of piperazine rings is 1. The molecule has 0 aliphatic carbocycles. The highest BCUT2D eigenvalue weighted by Gasteiger charge is 2.33. The summed E-state index contributed by atoms with van der Waals surface area (Å²) < 4.78 is 5.07. The van der Waals surface area contributed by atoms with Gasteiger partial charge >= 0.3 is 5.97 Å².